The van der Waals surface area contributed by atoms with Crippen LogP contribution in [0.1, 0.15) is 24.2 Å². The van der Waals surface area contributed by atoms with Gasteiger partial charge in [0, 0.05) is 5.56 Å². The molecule has 0 radical (unpaired) electrons. The Morgan fingerprint density at radius 1 is 1.25 bits per heavy atom. The van der Waals surface area contributed by atoms with E-state index >= 15 is 0 Å². The van der Waals surface area contributed by atoms with Gasteiger partial charge in [0.25, 0.3) is 11.8 Å². The fourth-order valence-electron chi connectivity index (χ4n) is 1.80. The molecule has 1 aromatic carbocycles. The molecular weight excluding hydrogens is 340 g/mol. The van der Waals surface area contributed by atoms with Crippen LogP contribution in [-0.2, 0) is 14.3 Å². The van der Waals surface area contributed by atoms with Crippen molar-refractivity contribution in [3.05, 3.63) is 22.7 Å². The van der Waals surface area contributed by atoms with Gasteiger partial charge in [-0.3, -0.25) is 9.59 Å². The van der Waals surface area contributed by atoms with E-state index < -0.39 is 29.9 Å². The topological polar surface area (TPSA) is 117 Å². The highest BCUT2D eigenvalue weighted by molar-refractivity contribution is 6.32. The number of carbonyl (C=O) groups excluding carboxylic acids is 3. The Morgan fingerprint density at radius 2 is 1.88 bits per heavy atom. The highest BCUT2D eigenvalue weighted by Gasteiger charge is 2.31. The highest BCUT2D eigenvalue weighted by atomic mass is 35.5. The van der Waals surface area contributed by atoms with Gasteiger partial charge in [-0.2, -0.15) is 0 Å². The number of benzene rings is 1. The number of halogens is 1. The van der Waals surface area contributed by atoms with Crippen LogP contribution < -0.4 is 20.5 Å². The maximum Gasteiger partial charge on any atom is 0.330 e. The average Bonchev–Trinajstić information content (AvgIpc) is 2.51. The lowest BCUT2D eigenvalue weighted by Gasteiger charge is -2.23. The Bertz CT molecular complexity index is 660. The number of hydrogen-bond donors (Lipinski definition) is 2. The van der Waals surface area contributed by atoms with Crippen molar-refractivity contribution >= 4 is 29.4 Å². The number of hydrogen-bond acceptors (Lipinski definition) is 6. The number of methoxy groups -OCH3 is 2. The molecule has 0 fully saturated rings. The van der Waals surface area contributed by atoms with Crippen LogP contribution in [0, 0.1) is 0 Å². The molecule has 0 unspecified atom stereocenters. The zero-order chi connectivity index (χ0) is 18.5. The van der Waals surface area contributed by atoms with Gasteiger partial charge in [0.1, 0.15) is 5.54 Å². The predicted octanol–water partition coefficient (Wildman–Crippen LogP) is 0.894. The maximum atomic E-state index is 12.3. The molecule has 0 heterocycles. The molecule has 0 bridgehead atoms. The number of nitrogens with two attached hydrogens (primary N) is 1. The third-order valence-corrected chi connectivity index (χ3v) is 3.25. The summed E-state index contributed by atoms with van der Waals surface area (Å²) in [6.07, 6.45) is 0. The zero-order valence-corrected chi connectivity index (χ0v) is 14.5. The standard InChI is InChI=1S/C15H19ClN2O6/c1-15(2,14(21)23-4)18-13(20)8-5-9(16)12(10(6-8)22-3)24-7-11(17)19/h5-6H,7H2,1-4H3,(H2,17,19)(H,18,20). The SMILES string of the molecule is COC(=O)C(C)(C)NC(=O)c1cc(Cl)c(OCC(N)=O)c(OC)c1. The minimum atomic E-state index is -1.23. The fourth-order valence-corrected chi connectivity index (χ4v) is 2.06. The van der Waals surface area contributed by atoms with E-state index in [1.165, 1.54) is 40.2 Å². The number of carbonyl (C=O) groups is 3. The van der Waals surface area contributed by atoms with Crippen molar-refractivity contribution in [2.45, 2.75) is 19.4 Å². The third kappa shape index (κ3) is 4.76. The Labute approximate surface area is 144 Å². The molecule has 3 N–H and O–H groups in total. The Kier molecular flexibility index (Phi) is 6.42. The molecular formula is C15H19ClN2O6. The van der Waals surface area contributed by atoms with E-state index in [0.29, 0.717) is 0 Å². The van der Waals surface area contributed by atoms with Crippen molar-refractivity contribution < 1.29 is 28.6 Å². The van der Waals surface area contributed by atoms with Crippen molar-refractivity contribution in [1.29, 1.82) is 0 Å². The van der Waals surface area contributed by atoms with Crippen LogP contribution in [0.4, 0.5) is 0 Å². The average molecular weight is 359 g/mol. The molecule has 132 valence electrons. The number of rotatable bonds is 7. The summed E-state index contributed by atoms with van der Waals surface area (Å²) in [5, 5.41) is 2.58. The van der Waals surface area contributed by atoms with Crippen LogP contribution in [0.15, 0.2) is 12.1 Å². The molecule has 1 aromatic rings. The van der Waals surface area contributed by atoms with E-state index in [1.54, 1.807) is 0 Å². The summed E-state index contributed by atoms with van der Waals surface area (Å²) < 4.78 is 14.9. The Balaban J connectivity index is 3.09. The summed E-state index contributed by atoms with van der Waals surface area (Å²) in [6.45, 7) is 2.61. The van der Waals surface area contributed by atoms with Gasteiger partial charge >= 0.3 is 5.97 Å². The van der Waals surface area contributed by atoms with Crippen LogP contribution in [0.5, 0.6) is 11.5 Å². The van der Waals surface area contributed by atoms with Crippen molar-refractivity contribution in [2.75, 3.05) is 20.8 Å². The molecule has 0 atom stereocenters. The second kappa shape index (κ2) is 7.87. The van der Waals surface area contributed by atoms with Crippen molar-refractivity contribution in [2.24, 2.45) is 5.73 Å². The van der Waals surface area contributed by atoms with E-state index in [2.05, 4.69) is 10.1 Å². The molecule has 2 amide bonds. The van der Waals surface area contributed by atoms with Crippen LogP contribution >= 0.6 is 11.6 Å². The van der Waals surface area contributed by atoms with Gasteiger partial charge in [-0.25, -0.2) is 4.79 Å². The summed E-state index contributed by atoms with van der Waals surface area (Å²) in [6, 6.07) is 2.69. The molecule has 8 nitrogen and oxygen atoms in total. The lowest BCUT2D eigenvalue weighted by atomic mass is 10.0. The van der Waals surface area contributed by atoms with E-state index in [4.69, 9.17) is 26.8 Å². The predicted molar refractivity (Wildman–Crippen MR) is 86.3 cm³/mol. The normalized spacial score (nSPS) is 10.7. The van der Waals surface area contributed by atoms with Crippen LogP contribution in [0.2, 0.25) is 5.02 Å². The summed E-state index contributed by atoms with van der Waals surface area (Å²) in [5.74, 6) is -1.62. The van der Waals surface area contributed by atoms with Gasteiger partial charge in [-0.05, 0) is 26.0 Å². The monoisotopic (exact) mass is 358 g/mol. The minimum Gasteiger partial charge on any atom is -0.493 e. The van der Waals surface area contributed by atoms with Crippen molar-refractivity contribution in [3.63, 3.8) is 0 Å². The smallest absolute Gasteiger partial charge is 0.330 e. The van der Waals surface area contributed by atoms with E-state index in [1.807, 2.05) is 0 Å². The highest BCUT2D eigenvalue weighted by Crippen LogP contribution is 2.36. The molecule has 0 saturated heterocycles. The largest absolute Gasteiger partial charge is 0.493 e. The molecule has 0 aliphatic carbocycles. The van der Waals surface area contributed by atoms with Crippen molar-refractivity contribution in [1.82, 2.24) is 5.32 Å². The number of primary amides is 1. The fraction of sp³-hybridized carbons (Fsp3) is 0.400. The van der Waals surface area contributed by atoms with Gasteiger partial charge in [-0.15, -0.1) is 0 Å². The van der Waals surface area contributed by atoms with Gasteiger partial charge in [0.05, 0.1) is 19.2 Å². The number of ether oxygens (including phenoxy) is 3. The first-order chi connectivity index (χ1) is 11.1. The van der Waals surface area contributed by atoms with Crippen LogP contribution in [-0.4, -0.2) is 44.1 Å². The molecule has 9 heteroatoms. The van der Waals surface area contributed by atoms with Gasteiger partial charge in [0.15, 0.2) is 18.1 Å². The first-order valence-corrected chi connectivity index (χ1v) is 7.19. The first kappa shape index (κ1) is 19.6. The molecule has 0 aromatic heterocycles. The van der Waals surface area contributed by atoms with Crippen molar-refractivity contribution in [3.8, 4) is 11.5 Å². The number of amides is 2. The molecule has 24 heavy (non-hydrogen) atoms. The van der Waals surface area contributed by atoms with E-state index in [-0.39, 0.29) is 22.1 Å². The lowest BCUT2D eigenvalue weighted by molar-refractivity contribution is -0.146. The quantitative estimate of drug-likeness (QED) is 0.699. The maximum absolute atomic E-state index is 12.3. The van der Waals surface area contributed by atoms with Gasteiger partial charge in [-0.1, -0.05) is 11.6 Å². The third-order valence-electron chi connectivity index (χ3n) is 2.97. The first-order valence-electron chi connectivity index (χ1n) is 6.82. The summed E-state index contributed by atoms with van der Waals surface area (Å²) in [4.78, 5) is 34.8. The minimum absolute atomic E-state index is 0.0524. The molecule has 0 aliphatic rings. The van der Waals surface area contributed by atoms with Crippen LogP contribution in [0.25, 0.3) is 0 Å². The van der Waals surface area contributed by atoms with E-state index in [9.17, 15) is 14.4 Å². The number of nitrogens with one attached hydrogen (secondary N) is 1. The second-order valence-electron chi connectivity index (χ2n) is 5.32. The number of esters is 1. The lowest BCUT2D eigenvalue weighted by Crippen LogP contribution is -2.50. The van der Waals surface area contributed by atoms with E-state index in [0.717, 1.165) is 0 Å². The Hall–Kier alpha value is -2.48. The summed E-state index contributed by atoms with van der Waals surface area (Å²) in [5.41, 5.74) is 3.92. The van der Waals surface area contributed by atoms with Crippen LogP contribution in [0.3, 0.4) is 0 Å². The van der Waals surface area contributed by atoms with Gasteiger partial charge < -0.3 is 25.3 Å². The summed E-state index contributed by atoms with van der Waals surface area (Å²) >= 11 is 6.07. The molecule has 1 rings (SSSR count). The molecule has 0 saturated carbocycles. The summed E-state index contributed by atoms with van der Waals surface area (Å²) in [7, 11) is 2.57. The molecule has 0 spiro atoms. The zero-order valence-electron chi connectivity index (χ0n) is 13.8. The second-order valence-corrected chi connectivity index (χ2v) is 5.72. The van der Waals surface area contributed by atoms with Gasteiger partial charge in [0.2, 0.25) is 0 Å². The Morgan fingerprint density at radius 3 is 2.38 bits per heavy atom. The molecule has 0 aliphatic heterocycles.